The summed E-state index contributed by atoms with van der Waals surface area (Å²) < 4.78 is 0. The Morgan fingerprint density at radius 1 is 0.886 bits per heavy atom. The summed E-state index contributed by atoms with van der Waals surface area (Å²) in [5, 5.41) is 2.85. The topological polar surface area (TPSA) is 82.5 Å². The molecule has 35 heavy (non-hydrogen) atoms. The van der Waals surface area contributed by atoms with Gasteiger partial charge in [0.2, 0.25) is 5.95 Å². The highest BCUT2D eigenvalue weighted by Crippen LogP contribution is 2.30. The molecule has 5 rings (SSSR count). The summed E-state index contributed by atoms with van der Waals surface area (Å²) in [6, 6.07) is 11.3. The zero-order valence-corrected chi connectivity index (χ0v) is 20.2. The van der Waals surface area contributed by atoms with Crippen molar-refractivity contribution in [3.8, 4) is 11.8 Å². The fourth-order valence-corrected chi connectivity index (χ4v) is 5.32. The second-order valence-corrected chi connectivity index (χ2v) is 9.47. The lowest BCUT2D eigenvalue weighted by molar-refractivity contribution is -0.126. The molecule has 2 aliphatic rings. The molecule has 0 unspecified atom stereocenters. The lowest BCUT2D eigenvalue weighted by Crippen LogP contribution is -2.49. The van der Waals surface area contributed by atoms with Crippen molar-refractivity contribution in [1.82, 2.24) is 24.8 Å². The van der Waals surface area contributed by atoms with Gasteiger partial charge in [0.15, 0.2) is 0 Å². The summed E-state index contributed by atoms with van der Waals surface area (Å²) in [7, 11) is 0. The molecule has 8 nitrogen and oxygen atoms in total. The first kappa shape index (κ1) is 23.0. The van der Waals surface area contributed by atoms with E-state index in [-0.39, 0.29) is 17.7 Å². The Morgan fingerprint density at radius 2 is 1.60 bits per heavy atom. The van der Waals surface area contributed by atoms with Crippen molar-refractivity contribution in [2.75, 3.05) is 44.2 Å². The molecule has 2 saturated heterocycles. The van der Waals surface area contributed by atoms with Crippen LogP contribution in [-0.4, -0.2) is 75.8 Å². The monoisotopic (exact) mass is 486 g/mol. The van der Waals surface area contributed by atoms with E-state index in [0.29, 0.717) is 50.9 Å². The highest BCUT2D eigenvalue weighted by atomic mass is 32.1. The molecule has 0 N–H and O–H groups in total. The summed E-state index contributed by atoms with van der Waals surface area (Å²) in [5.41, 5.74) is 1.35. The third kappa shape index (κ3) is 5.49. The van der Waals surface area contributed by atoms with Crippen molar-refractivity contribution < 1.29 is 9.59 Å². The van der Waals surface area contributed by atoms with Gasteiger partial charge in [-0.1, -0.05) is 24.1 Å². The second-order valence-electron chi connectivity index (χ2n) is 8.58. The summed E-state index contributed by atoms with van der Waals surface area (Å²) in [6.45, 7) is 3.94. The highest BCUT2D eigenvalue weighted by molar-refractivity contribution is 7.09. The summed E-state index contributed by atoms with van der Waals surface area (Å²) in [4.78, 5) is 44.5. The van der Waals surface area contributed by atoms with Gasteiger partial charge < -0.3 is 14.7 Å². The van der Waals surface area contributed by atoms with Crippen LogP contribution in [0.5, 0.6) is 0 Å². The molecule has 0 radical (unpaired) electrons. The number of nitrogens with zero attached hydrogens (tertiary/aromatic N) is 6. The number of piperidine rings is 1. The van der Waals surface area contributed by atoms with Crippen molar-refractivity contribution in [3.05, 3.63) is 70.4 Å². The van der Waals surface area contributed by atoms with E-state index in [9.17, 15) is 9.59 Å². The summed E-state index contributed by atoms with van der Waals surface area (Å²) >= 11 is 1.54. The van der Waals surface area contributed by atoms with E-state index < -0.39 is 0 Å². The fourth-order valence-electron chi connectivity index (χ4n) is 4.36. The molecule has 1 aromatic carbocycles. The van der Waals surface area contributed by atoms with Gasteiger partial charge >= 0.3 is 0 Å². The van der Waals surface area contributed by atoms with Crippen LogP contribution < -0.4 is 4.90 Å². The van der Waals surface area contributed by atoms with E-state index in [1.807, 2.05) is 45.5 Å². The SMILES string of the molecule is O=C(C#Cc1ccccc1)N1CCC(c2nc(C(=O)N3CCN(c4ncccn4)CC3)cs2)CC1. The maximum absolute atomic E-state index is 13.0. The van der Waals surface area contributed by atoms with Gasteiger partial charge in [-0.25, -0.2) is 15.0 Å². The molecule has 4 heterocycles. The maximum Gasteiger partial charge on any atom is 0.298 e. The van der Waals surface area contributed by atoms with Gasteiger partial charge in [-0.05, 0) is 31.0 Å². The quantitative estimate of drug-likeness (QED) is 0.530. The molecular weight excluding hydrogens is 460 g/mol. The number of piperazine rings is 1. The van der Waals surface area contributed by atoms with Crippen LogP contribution in [0.4, 0.5) is 5.95 Å². The molecule has 2 amide bonds. The van der Waals surface area contributed by atoms with Crippen molar-refractivity contribution >= 4 is 29.1 Å². The minimum atomic E-state index is -0.137. The predicted octanol–water partition coefficient (Wildman–Crippen LogP) is 2.65. The van der Waals surface area contributed by atoms with Crippen molar-refractivity contribution in [1.29, 1.82) is 0 Å². The van der Waals surface area contributed by atoms with E-state index in [4.69, 9.17) is 0 Å². The smallest absolute Gasteiger partial charge is 0.298 e. The number of hydrogen-bond donors (Lipinski definition) is 0. The number of carbonyl (C=O) groups excluding carboxylic acids is 2. The van der Waals surface area contributed by atoms with Crippen LogP contribution in [0.15, 0.2) is 54.2 Å². The predicted molar refractivity (Wildman–Crippen MR) is 134 cm³/mol. The normalized spacial score (nSPS) is 16.5. The minimum Gasteiger partial charge on any atom is -0.337 e. The summed E-state index contributed by atoms with van der Waals surface area (Å²) in [5.74, 6) is 6.50. The Balaban J connectivity index is 1.12. The van der Waals surface area contributed by atoms with Crippen LogP contribution in [0.25, 0.3) is 0 Å². The number of hydrogen-bond acceptors (Lipinski definition) is 7. The van der Waals surface area contributed by atoms with Crippen molar-refractivity contribution in [2.24, 2.45) is 0 Å². The first-order valence-corrected chi connectivity index (χ1v) is 12.7. The largest absolute Gasteiger partial charge is 0.337 e. The molecule has 0 spiro atoms. The Morgan fingerprint density at radius 3 is 2.31 bits per heavy atom. The molecule has 0 aliphatic carbocycles. The maximum atomic E-state index is 13.0. The van der Waals surface area contributed by atoms with Gasteiger partial charge in [-0.2, -0.15) is 0 Å². The third-order valence-corrected chi connectivity index (χ3v) is 7.37. The number of rotatable bonds is 3. The number of carbonyl (C=O) groups is 2. The van der Waals surface area contributed by atoms with E-state index in [1.165, 1.54) is 0 Å². The van der Waals surface area contributed by atoms with Gasteiger partial charge in [0.05, 0.1) is 5.01 Å². The van der Waals surface area contributed by atoms with Crippen LogP contribution in [-0.2, 0) is 4.79 Å². The Labute approximate surface area is 208 Å². The molecular formula is C26H26N6O2S. The van der Waals surface area contributed by atoms with Crippen LogP contribution in [0.1, 0.15) is 39.8 Å². The van der Waals surface area contributed by atoms with Gasteiger partial charge in [-0.15, -0.1) is 11.3 Å². The van der Waals surface area contributed by atoms with Crippen LogP contribution >= 0.6 is 11.3 Å². The van der Waals surface area contributed by atoms with Gasteiger partial charge in [0.1, 0.15) is 5.69 Å². The Kier molecular flexibility index (Phi) is 7.00. The van der Waals surface area contributed by atoms with Crippen LogP contribution in [0, 0.1) is 11.8 Å². The number of anilines is 1. The van der Waals surface area contributed by atoms with Gasteiger partial charge in [-0.3, -0.25) is 9.59 Å². The first-order chi connectivity index (χ1) is 17.2. The zero-order chi connectivity index (χ0) is 24.0. The summed E-state index contributed by atoms with van der Waals surface area (Å²) in [6.07, 6.45) is 5.12. The Hall–Kier alpha value is -3.77. The first-order valence-electron chi connectivity index (χ1n) is 11.8. The average Bonchev–Trinajstić information content (AvgIpc) is 3.43. The van der Waals surface area contributed by atoms with Crippen LogP contribution in [0.3, 0.4) is 0 Å². The highest BCUT2D eigenvalue weighted by Gasteiger charge is 2.28. The Bertz CT molecular complexity index is 1220. The molecule has 2 aliphatic heterocycles. The number of amides is 2. The van der Waals surface area contributed by atoms with Crippen molar-refractivity contribution in [2.45, 2.75) is 18.8 Å². The fraction of sp³-hybridized carbons (Fsp3) is 0.346. The van der Waals surface area contributed by atoms with E-state index >= 15 is 0 Å². The number of benzene rings is 1. The molecule has 9 heteroatoms. The van der Waals surface area contributed by atoms with E-state index in [2.05, 4.69) is 31.7 Å². The molecule has 3 aromatic rings. The van der Waals surface area contributed by atoms with Gasteiger partial charge in [0, 0.05) is 74.4 Å². The van der Waals surface area contributed by atoms with E-state index in [1.54, 1.807) is 29.8 Å². The number of thiazole rings is 1. The lowest BCUT2D eigenvalue weighted by Gasteiger charge is -2.34. The molecule has 2 fully saturated rings. The number of likely N-dealkylation sites (tertiary alicyclic amines) is 1. The lowest BCUT2D eigenvalue weighted by atomic mass is 9.97. The second kappa shape index (κ2) is 10.7. The van der Waals surface area contributed by atoms with E-state index in [0.717, 1.165) is 23.4 Å². The molecule has 178 valence electrons. The molecule has 0 bridgehead atoms. The molecule has 0 saturated carbocycles. The average molecular weight is 487 g/mol. The standard InChI is InChI=1S/C26H26N6O2S/c33-23(8-7-20-5-2-1-3-6-20)30-13-9-21(10-14-30)24-29-22(19-35-24)25(34)31-15-17-32(18-16-31)26-27-11-4-12-28-26/h1-6,11-12,19,21H,9-10,13-18H2. The van der Waals surface area contributed by atoms with Crippen LogP contribution in [0.2, 0.25) is 0 Å². The molecule has 2 aromatic heterocycles. The third-order valence-electron chi connectivity index (χ3n) is 6.36. The van der Waals surface area contributed by atoms with Gasteiger partial charge in [0.25, 0.3) is 11.8 Å². The van der Waals surface area contributed by atoms with Crippen molar-refractivity contribution in [3.63, 3.8) is 0 Å². The number of aromatic nitrogens is 3. The molecule has 0 atom stereocenters. The zero-order valence-electron chi connectivity index (χ0n) is 19.3. The minimum absolute atomic E-state index is 0.0232.